The van der Waals surface area contributed by atoms with E-state index in [9.17, 15) is 14.7 Å². The summed E-state index contributed by atoms with van der Waals surface area (Å²) in [6, 6.07) is 5.22. The Balaban J connectivity index is 1.55. The lowest BCUT2D eigenvalue weighted by Gasteiger charge is -2.22. The molecule has 0 spiro atoms. The SMILES string of the molecule is CC1C(C(=O)O)CCN1C(=O)c1cnc(-c2ccc3c(c2)OCO3)s1. The lowest BCUT2D eigenvalue weighted by Crippen LogP contribution is -2.37. The number of nitrogens with zero attached hydrogens (tertiary/aromatic N) is 2. The number of aromatic nitrogens is 1. The molecule has 1 N–H and O–H groups in total. The van der Waals surface area contributed by atoms with Gasteiger partial charge in [-0.1, -0.05) is 0 Å². The predicted octanol–water partition coefficient (Wildman–Crippen LogP) is 2.47. The van der Waals surface area contributed by atoms with Crippen molar-refractivity contribution >= 4 is 23.2 Å². The number of amides is 1. The Morgan fingerprint density at radius 2 is 2.12 bits per heavy atom. The molecule has 25 heavy (non-hydrogen) atoms. The molecule has 1 aromatic heterocycles. The van der Waals surface area contributed by atoms with E-state index < -0.39 is 11.9 Å². The second-order valence-electron chi connectivity index (χ2n) is 6.07. The molecular formula is C17H16N2O5S. The molecule has 0 bridgehead atoms. The first-order valence-corrected chi connectivity index (χ1v) is 8.76. The fourth-order valence-electron chi connectivity index (χ4n) is 3.23. The molecule has 3 heterocycles. The van der Waals surface area contributed by atoms with Gasteiger partial charge < -0.3 is 19.5 Å². The zero-order valence-electron chi connectivity index (χ0n) is 13.5. The van der Waals surface area contributed by atoms with Crippen molar-refractivity contribution in [2.24, 2.45) is 5.92 Å². The largest absolute Gasteiger partial charge is 0.481 e. The van der Waals surface area contributed by atoms with Crippen LogP contribution in [0.4, 0.5) is 0 Å². The van der Waals surface area contributed by atoms with E-state index in [0.29, 0.717) is 34.3 Å². The van der Waals surface area contributed by atoms with E-state index in [2.05, 4.69) is 4.98 Å². The molecule has 2 aliphatic rings. The summed E-state index contributed by atoms with van der Waals surface area (Å²) < 4.78 is 10.7. The number of hydrogen-bond acceptors (Lipinski definition) is 6. The number of carboxylic acids is 1. The lowest BCUT2D eigenvalue weighted by molar-refractivity contribution is -0.142. The smallest absolute Gasteiger partial charge is 0.308 e. The number of benzene rings is 1. The topological polar surface area (TPSA) is 89.0 Å². The molecule has 7 nitrogen and oxygen atoms in total. The summed E-state index contributed by atoms with van der Waals surface area (Å²) in [4.78, 5) is 30.4. The number of aliphatic carboxylic acids is 1. The highest BCUT2D eigenvalue weighted by Crippen LogP contribution is 2.37. The number of carbonyl (C=O) groups excluding carboxylic acids is 1. The second-order valence-corrected chi connectivity index (χ2v) is 7.10. The molecule has 0 aliphatic carbocycles. The van der Waals surface area contributed by atoms with Crippen LogP contribution in [0.2, 0.25) is 0 Å². The maximum atomic E-state index is 12.7. The number of hydrogen-bond donors (Lipinski definition) is 1. The number of likely N-dealkylation sites (tertiary alicyclic amines) is 1. The number of carbonyl (C=O) groups is 2. The van der Waals surface area contributed by atoms with Crippen molar-refractivity contribution in [1.82, 2.24) is 9.88 Å². The standard InChI is InChI=1S/C17H16N2O5S/c1-9-11(17(21)22)4-5-19(9)16(20)14-7-18-15(25-14)10-2-3-12-13(6-10)24-8-23-12/h2-3,6-7,9,11H,4-5,8H2,1H3,(H,21,22). The maximum absolute atomic E-state index is 12.7. The maximum Gasteiger partial charge on any atom is 0.308 e. The molecule has 4 rings (SSSR count). The van der Waals surface area contributed by atoms with Gasteiger partial charge in [0.05, 0.1) is 12.1 Å². The Morgan fingerprint density at radius 1 is 1.32 bits per heavy atom. The van der Waals surface area contributed by atoms with Crippen LogP contribution in [-0.2, 0) is 4.79 Å². The normalized spacial score (nSPS) is 21.6. The Kier molecular flexibility index (Phi) is 3.84. The number of rotatable bonds is 3. The monoisotopic (exact) mass is 360 g/mol. The van der Waals surface area contributed by atoms with Gasteiger partial charge in [0.1, 0.15) is 9.88 Å². The van der Waals surface area contributed by atoms with E-state index in [4.69, 9.17) is 9.47 Å². The summed E-state index contributed by atoms with van der Waals surface area (Å²) in [5.74, 6) is -0.167. The highest BCUT2D eigenvalue weighted by molar-refractivity contribution is 7.16. The Hall–Kier alpha value is -2.61. The van der Waals surface area contributed by atoms with Crippen molar-refractivity contribution in [2.45, 2.75) is 19.4 Å². The molecule has 2 aromatic rings. The summed E-state index contributed by atoms with van der Waals surface area (Å²) in [6.07, 6.45) is 2.03. The Bertz CT molecular complexity index is 849. The number of fused-ring (bicyclic) bond motifs is 1. The number of carboxylic acid groups (broad SMARTS) is 1. The minimum Gasteiger partial charge on any atom is -0.481 e. The minimum absolute atomic E-state index is 0.166. The Morgan fingerprint density at radius 3 is 2.88 bits per heavy atom. The van der Waals surface area contributed by atoms with Crippen molar-refractivity contribution in [3.05, 3.63) is 29.3 Å². The number of thiazole rings is 1. The first kappa shape index (κ1) is 15.9. The molecule has 0 saturated carbocycles. The molecule has 1 aromatic carbocycles. The van der Waals surface area contributed by atoms with Crippen molar-refractivity contribution in [1.29, 1.82) is 0 Å². The van der Waals surface area contributed by atoms with E-state index in [1.54, 1.807) is 18.0 Å². The average molecular weight is 360 g/mol. The van der Waals surface area contributed by atoms with E-state index in [1.807, 2.05) is 18.2 Å². The van der Waals surface area contributed by atoms with Crippen molar-refractivity contribution in [2.75, 3.05) is 13.3 Å². The quantitative estimate of drug-likeness (QED) is 0.904. The number of ether oxygens (including phenoxy) is 2. The second kappa shape index (κ2) is 6.03. The predicted molar refractivity (Wildman–Crippen MR) is 89.9 cm³/mol. The van der Waals surface area contributed by atoms with Gasteiger partial charge in [0.15, 0.2) is 11.5 Å². The van der Waals surface area contributed by atoms with Crippen LogP contribution >= 0.6 is 11.3 Å². The van der Waals surface area contributed by atoms with Crippen LogP contribution in [0.15, 0.2) is 24.4 Å². The zero-order chi connectivity index (χ0) is 17.6. The third-order valence-corrected chi connectivity index (χ3v) is 5.70. The van der Waals surface area contributed by atoms with Gasteiger partial charge >= 0.3 is 5.97 Å². The summed E-state index contributed by atoms with van der Waals surface area (Å²) in [6.45, 7) is 2.44. The van der Waals surface area contributed by atoms with Gasteiger partial charge in [0, 0.05) is 18.2 Å². The zero-order valence-corrected chi connectivity index (χ0v) is 14.3. The van der Waals surface area contributed by atoms with Gasteiger partial charge in [-0.05, 0) is 31.5 Å². The third-order valence-electron chi connectivity index (χ3n) is 4.67. The fraction of sp³-hybridized carbons (Fsp3) is 0.353. The third kappa shape index (κ3) is 2.72. The van der Waals surface area contributed by atoms with E-state index in [1.165, 1.54) is 11.3 Å². The molecular weight excluding hydrogens is 344 g/mol. The van der Waals surface area contributed by atoms with Crippen LogP contribution in [0, 0.1) is 5.92 Å². The molecule has 2 aliphatic heterocycles. The van der Waals surface area contributed by atoms with E-state index in [0.717, 1.165) is 5.56 Å². The van der Waals surface area contributed by atoms with Crippen molar-refractivity contribution < 1.29 is 24.2 Å². The van der Waals surface area contributed by atoms with Gasteiger partial charge in [-0.25, -0.2) is 4.98 Å². The molecule has 130 valence electrons. The summed E-state index contributed by atoms with van der Waals surface area (Å²) in [5.41, 5.74) is 0.853. The van der Waals surface area contributed by atoms with Crippen LogP contribution in [-0.4, -0.2) is 46.2 Å². The average Bonchev–Trinajstić information content (AvgIpc) is 3.32. The molecule has 1 fully saturated rings. The lowest BCUT2D eigenvalue weighted by atomic mass is 10.0. The summed E-state index contributed by atoms with van der Waals surface area (Å²) in [5, 5.41) is 9.93. The first-order chi connectivity index (χ1) is 12.0. The first-order valence-electron chi connectivity index (χ1n) is 7.94. The van der Waals surface area contributed by atoms with E-state index >= 15 is 0 Å². The van der Waals surface area contributed by atoms with Crippen LogP contribution in [0.25, 0.3) is 10.6 Å². The Labute approximate surface area is 147 Å². The molecule has 0 radical (unpaired) electrons. The van der Waals surface area contributed by atoms with Gasteiger partial charge in [-0.15, -0.1) is 11.3 Å². The summed E-state index contributed by atoms with van der Waals surface area (Å²) in [7, 11) is 0. The van der Waals surface area contributed by atoms with Crippen LogP contribution in [0.3, 0.4) is 0 Å². The molecule has 1 amide bonds. The minimum atomic E-state index is -0.854. The molecule has 2 unspecified atom stereocenters. The van der Waals surface area contributed by atoms with Crippen LogP contribution in [0.1, 0.15) is 23.0 Å². The molecule has 8 heteroatoms. The molecule has 1 saturated heterocycles. The van der Waals surface area contributed by atoms with E-state index in [-0.39, 0.29) is 18.7 Å². The fourth-order valence-corrected chi connectivity index (χ4v) is 4.10. The highest BCUT2D eigenvalue weighted by Gasteiger charge is 2.38. The van der Waals surface area contributed by atoms with Crippen molar-refractivity contribution in [3.63, 3.8) is 0 Å². The van der Waals surface area contributed by atoms with Gasteiger partial charge in [0.2, 0.25) is 6.79 Å². The highest BCUT2D eigenvalue weighted by atomic mass is 32.1. The molecule has 2 atom stereocenters. The summed E-state index contributed by atoms with van der Waals surface area (Å²) >= 11 is 1.29. The van der Waals surface area contributed by atoms with Crippen LogP contribution < -0.4 is 9.47 Å². The van der Waals surface area contributed by atoms with Gasteiger partial charge in [-0.3, -0.25) is 9.59 Å². The van der Waals surface area contributed by atoms with Gasteiger partial charge in [-0.2, -0.15) is 0 Å². The van der Waals surface area contributed by atoms with Crippen LogP contribution in [0.5, 0.6) is 11.5 Å². The van der Waals surface area contributed by atoms with Crippen molar-refractivity contribution in [3.8, 4) is 22.1 Å². The van der Waals surface area contributed by atoms with Gasteiger partial charge in [0.25, 0.3) is 5.91 Å².